The Balaban J connectivity index is 1.79. The van der Waals surface area contributed by atoms with Gasteiger partial charge < -0.3 is 5.32 Å². The predicted octanol–water partition coefficient (Wildman–Crippen LogP) is 2.61. The largest absolute Gasteiger partial charge is 0.380 e. The molecule has 3 rings (SSSR count). The van der Waals surface area contributed by atoms with E-state index in [2.05, 4.69) is 32.5 Å². The first-order valence-electron chi connectivity index (χ1n) is 7.00. The molecule has 0 saturated carbocycles. The van der Waals surface area contributed by atoms with Crippen LogP contribution in [-0.4, -0.2) is 25.0 Å². The topological polar surface area (TPSA) is 71.4 Å². The van der Waals surface area contributed by atoms with Crippen LogP contribution in [0.1, 0.15) is 18.3 Å². The lowest BCUT2D eigenvalue weighted by atomic mass is 10.1. The summed E-state index contributed by atoms with van der Waals surface area (Å²) in [5.74, 6) is 1.52. The highest BCUT2D eigenvalue weighted by molar-refractivity contribution is 5.73. The number of aromatic amines is 1. The van der Waals surface area contributed by atoms with Crippen molar-refractivity contribution in [3.8, 4) is 11.4 Å². The van der Waals surface area contributed by atoms with Crippen LogP contribution < -0.4 is 5.32 Å². The fourth-order valence-electron chi connectivity index (χ4n) is 2.16. The first-order valence-corrected chi connectivity index (χ1v) is 7.00. The number of nitrogens with one attached hydrogen (secondary N) is 2. The maximum absolute atomic E-state index is 4.39. The highest BCUT2D eigenvalue weighted by Crippen LogP contribution is 2.25. The molecule has 0 unspecified atom stereocenters. The minimum atomic E-state index is 0.708. The van der Waals surface area contributed by atoms with Crippen molar-refractivity contribution in [3.63, 3.8) is 0 Å². The van der Waals surface area contributed by atoms with Crippen molar-refractivity contribution >= 4 is 5.69 Å². The van der Waals surface area contributed by atoms with Crippen LogP contribution >= 0.6 is 0 Å². The number of benzene rings is 1. The van der Waals surface area contributed by atoms with E-state index >= 15 is 0 Å². The second-order valence-electron chi connectivity index (χ2n) is 4.85. The van der Waals surface area contributed by atoms with E-state index in [4.69, 9.17) is 0 Å². The molecule has 3 aromatic rings. The van der Waals surface area contributed by atoms with E-state index in [1.54, 1.807) is 0 Å². The van der Waals surface area contributed by atoms with E-state index in [0.717, 1.165) is 35.7 Å². The van der Waals surface area contributed by atoms with Gasteiger partial charge in [-0.05, 0) is 26.0 Å². The zero-order valence-electron chi connectivity index (χ0n) is 12.2. The maximum Gasteiger partial charge on any atom is 0.183 e. The van der Waals surface area contributed by atoms with Gasteiger partial charge in [0.2, 0.25) is 0 Å². The summed E-state index contributed by atoms with van der Waals surface area (Å²) < 4.78 is 1.92. The molecule has 0 aliphatic heterocycles. The Morgan fingerprint density at radius 3 is 2.86 bits per heavy atom. The van der Waals surface area contributed by atoms with E-state index in [9.17, 15) is 0 Å². The molecule has 2 N–H and O–H groups in total. The maximum atomic E-state index is 4.39. The molecule has 0 aliphatic rings. The molecule has 21 heavy (non-hydrogen) atoms. The van der Waals surface area contributed by atoms with E-state index in [0.29, 0.717) is 5.82 Å². The molecule has 108 valence electrons. The van der Waals surface area contributed by atoms with Crippen molar-refractivity contribution < 1.29 is 0 Å². The van der Waals surface area contributed by atoms with Gasteiger partial charge in [-0.2, -0.15) is 10.2 Å². The van der Waals surface area contributed by atoms with Gasteiger partial charge in [0.15, 0.2) is 5.82 Å². The third-order valence-corrected chi connectivity index (χ3v) is 3.26. The Morgan fingerprint density at radius 2 is 2.14 bits per heavy atom. The normalized spacial score (nSPS) is 10.8. The number of aryl methyl sites for hydroxylation is 2. The van der Waals surface area contributed by atoms with Crippen LogP contribution in [0.5, 0.6) is 0 Å². The number of rotatable bonds is 5. The summed E-state index contributed by atoms with van der Waals surface area (Å²) in [6.45, 7) is 5.57. The van der Waals surface area contributed by atoms with Crippen LogP contribution in [0.3, 0.4) is 0 Å². The Bertz CT molecular complexity index is 727. The summed E-state index contributed by atoms with van der Waals surface area (Å²) in [4.78, 5) is 4.39. The molecule has 0 spiro atoms. The quantitative estimate of drug-likeness (QED) is 0.754. The monoisotopic (exact) mass is 282 g/mol. The van der Waals surface area contributed by atoms with Gasteiger partial charge in [-0.3, -0.25) is 9.78 Å². The Kier molecular flexibility index (Phi) is 3.68. The number of hydrogen-bond donors (Lipinski definition) is 2. The molecular formula is C15H18N6. The summed E-state index contributed by atoms with van der Waals surface area (Å²) in [7, 11) is 0. The molecule has 2 heterocycles. The summed E-state index contributed by atoms with van der Waals surface area (Å²) >= 11 is 0. The Labute approximate surface area is 123 Å². The number of para-hydroxylation sites is 1. The lowest BCUT2D eigenvalue weighted by Gasteiger charge is -2.08. The van der Waals surface area contributed by atoms with Gasteiger partial charge in [-0.15, -0.1) is 0 Å². The van der Waals surface area contributed by atoms with Crippen molar-refractivity contribution in [2.24, 2.45) is 0 Å². The van der Waals surface area contributed by atoms with Gasteiger partial charge in [0.1, 0.15) is 5.82 Å². The number of nitrogens with zero attached hydrogens (tertiary/aromatic N) is 4. The van der Waals surface area contributed by atoms with Crippen molar-refractivity contribution in [2.45, 2.75) is 26.9 Å². The van der Waals surface area contributed by atoms with Crippen molar-refractivity contribution in [1.29, 1.82) is 0 Å². The third-order valence-electron chi connectivity index (χ3n) is 3.26. The van der Waals surface area contributed by atoms with E-state index < -0.39 is 0 Å². The molecule has 0 atom stereocenters. The molecule has 1 aromatic carbocycles. The predicted molar refractivity (Wildman–Crippen MR) is 81.8 cm³/mol. The van der Waals surface area contributed by atoms with Crippen LogP contribution in [0.15, 0.2) is 36.7 Å². The molecule has 6 heteroatoms. The molecule has 0 amide bonds. The summed E-state index contributed by atoms with van der Waals surface area (Å²) in [6, 6.07) is 8.04. The minimum Gasteiger partial charge on any atom is -0.380 e. The molecule has 2 aromatic heterocycles. The fourth-order valence-corrected chi connectivity index (χ4v) is 2.16. The fraction of sp³-hybridized carbons (Fsp3) is 0.267. The highest BCUT2D eigenvalue weighted by atomic mass is 15.3. The number of H-pyrrole nitrogens is 1. The first kappa shape index (κ1) is 13.4. The van der Waals surface area contributed by atoms with Gasteiger partial charge in [-0.1, -0.05) is 12.1 Å². The van der Waals surface area contributed by atoms with Crippen LogP contribution in [0.25, 0.3) is 11.4 Å². The molecule has 6 nitrogen and oxygen atoms in total. The van der Waals surface area contributed by atoms with Gasteiger partial charge in [0.25, 0.3) is 0 Å². The lowest BCUT2D eigenvalue weighted by Crippen LogP contribution is -2.00. The van der Waals surface area contributed by atoms with Crippen LogP contribution in [0.2, 0.25) is 0 Å². The van der Waals surface area contributed by atoms with Gasteiger partial charge in [0.05, 0.1) is 6.20 Å². The molecule has 0 aliphatic carbocycles. The standard InChI is InChI=1S/C15H18N6/c1-3-21-10-12(9-17-21)8-16-14-7-5-4-6-13(14)15-18-11(2)19-20-15/h4-7,9-10,16H,3,8H2,1-2H3,(H,18,19,20). The van der Waals surface area contributed by atoms with E-state index in [1.807, 2.05) is 48.3 Å². The smallest absolute Gasteiger partial charge is 0.183 e. The lowest BCUT2D eigenvalue weighted by molar-refractivity contribution is 0.659. The third kappa shape index (κ3) is 2.94. The van der Waals surface area contributed by atoms with Crippen molar-refractivity contribution in [3.05, 3.63) is 48.0 Å². The second kappa shape index (κ2) is 5.78. The molecule has 0 radical (unpaired) electrons. The summed E-state index contributed by atoms with van der Waals surface area (Å²) in [5, 5.41) is 14.8. The highest BCUT2D eigenvalue weighted by Gasteiger charge is 2.09. The van der Waals surface area contributed by atoms with Gasteiger partial charge in [-0.25, -0.2) is 4.98 Å². The number of anilines is 1. The summed E-state index contributed by atoms with van der Waals surface area (Å²) in [5.41, 5.74) is 3.16. The summed E-state index contributed by atoms with van der Waals surface area (Å²) in [6.07, 6.45) is 3.93. The first-order chi connectivity index (χ1) is 10.3. The second-order valence-corrected chi connectivity index (χ2v) is 4.85. The Hall–Kier alpha value is -2.63. The van der Waals surface area contributed by atoms with Crippen LogP contribution in [0.4, 0.5) is 5.69 Å². The van der Waals surface area contributed by atoms with Crippen LogP contribution in [0, 0.1) is 6.92 Å². The average molecular weight is 282 g/mol. The number of aromatic nitrogens is 5. The average Bonchev–Trinajstić information content (AvgIpc) is 3.14. The molecular weight excluding hydrogens is 264 g/mol. The van der Waals surface area contributed by atoms with Gasteiger partial charge >= 0.3 is 0 Å². The number of hydrogen-bond acceptors (Lipinski definition) is 4. The van der Waals surface area contributed by atoms with Gasteiger partial charge in [0, 0.05) is 36.1 Å². The molecule has 0 saturated heterocycles. The van der Waals surface area contributed by atoms with Crippen molar-refractivity contribution in [1.82, 2.24) is 25.0 Å². The Morgan fingerprint density at radius 1 is 1.29 bits per heavy atom. The van der Waals surface area contributed by atoms with E-state index in [-0.39, 0.29) is 0 Å². The zero-order valence-corrected chi connectivity index (χ0v) is 12.2. The minimum absolute atomic E-state index is 0.708. The SMILES string of the molecule is CCn1cc(CNc2ccccc2-c2n[nH]c(C)n2)cn1. The van der Waals surface area contributed by atoms with Crippen molar-refractivity contribution in [2.75, 3.05) is 5.32 Å². The van der Waals surface area contributed by atoms with Crippen LogP contribution in [-0.2, 0) is 13.1 Å². The molecule has 0 bridgehead atoms. The zero-order chi connectivity index (χ0) is 14.7. The van der Waals surface area contributed by atoms with E-state index in [1.165, 1.54) is 0 Å². The molecule has 0 fully saturated rings.